The molecule has 1 unspecified atom stereocenters. The third-order valence-corrected chi connectivity index (χ3v) is 3.59. The van der Waals surface area contributed by atoms with Crippen molar-refractivity contribution in [2.75, 3.05) is 19.8 Å². The molecule has 0 aliphatic carbocycles. The number of benzene rings is 1. The number of rotatable bonds is 5. The van der Waals surface area contributed by atoms with Gasteiger partial charge in [-0.1, -0.05) is 18.2 Å². The normalized spacial score (nSPS) is 19.3. The molecule has 1 aliphatic rings. The van der Waals surface area contributed by atoms with Gasteiger partial charge in [-0.3, -0.25) is 0 Å². The Morgan fingerprint density at radius 1 is 1.35 bits per heavy atom. The van der Waals surface area contributed by atoms with Gasteiger partial charge in [-0.05, 0) is 39.7 Å². The first-order valence-electron chi connectivity index (χ1n) is 7.50. The predicted molar refractivity (Wildman–Crippen MR) is 82.2 cm³/mol. The summed E-state index contributed by atoms with van der Waals surface area (Å²) in [4.78, 5) is 0. The van der Waals surface area contributed by atoms with Crippen molar-refractivity contribution < 1.29 is 9.47 Å². The quantitative estimate of drug-likeness (QED) is 0.896. The summed E-state index contributed by atoms with van der Waals surface area (Å²) in [6.45, 7) is 12.0. The van der Waals surface area contributed by atoms with Crippen LogP contribution in [-0.4, -0.2) is 25.4 Å². The molecule has 2 rings (SSSR count). The van der Waals surface area contributed by atoms with Gasteiger partial charge in [-0.15, -0.1) is 0 Å². The SMILES string of the molecule is Cc1cccc(CNC(C)(C)C)c1OCC1CCOC1. The molecule has 112 valence electrons. The van der Waals surface area contributed by atoms with Gasteiger partial charge in [-0.25, -0.2) is 0 Å². The Hall–Kier alpha value is -1.06. The average molecular weight is 277 g/mol. The van der Waals surface area contributed by atoms with E-state index in [1.54, 1.807) is 0 Å². The third-order valence-electron chi connectivity index (χ3n) is 3.59. The molecule has 0 spiro atoms. The molecule has 20 heavy (non-hydrogen) atoms. The van der Waals surface area contributed by atoms with Gasteiger partial charge in [0.25, 0.3) is 0 Å². The van der Waals surface area contributed by atoms with Gasteiger partial charge in [0.1, 0.15) is 5.75 Å². The van der Waals surface area contributed by atoms with Crippen molar-refractivity contribution in [3.63, 3.8) is 0 Å². The van der Waals surface area contributed by atoms with Gasteiger partial charge in [0.15, 0.2) is 0 Å². The maximum Gasteiger partial charge on any atom is 0.126 e. The monoisotopic (exact) mass is 277 g/mol. The second-order valence-electron chi connectivity index (χ2n) is 6.71. The number of hydrogen-bond acceptors (Lipinski definition) is 3. The summed E-state index contributed by atoms with van der Waals surface area (Å²) in [6.07, 6.45) is 1.11. The van der Waals surface area contributed by atoms with Crippen molar-refractivity contribution in [1.29, 1.82) is 0 Å². The van der Waals surface area contributed by atoms with Crippen LogP contribution in [-0.2, 0) is 11.3 Å². The molecule has 1 heterocycles. The van der Waals surface area contributed by atoms with E-state index in [9.17, 15) is 0 Å². The lowest BCUT2D eigenvalue weighted by atomic mass is 10.1. The number of ether oxygens (including phenoxy) is 2. The van der Waals surface area contributed by atoms with Crippen LogP contribution in [0.15, 0.2) is 18.2 Å². The lowest BCUT2D eigenvalue weighted by Crippen LogP contribution is -2.35. The average Bonchev–Trinajstić information content (AvgIpc) is 2.87. The van der Waals surface area contributed by atoms with Crippen molar-refractivity contribution in [3.8, 4) is 5.75 Å². The molecule has 0 aromatic heterocycles. The summed E-state index contributed by atoms with van der Waals surface area (Å²) in [5, 5.41) is 3.53. The number of para-hydroxylation sites is 1. The summed E-state index contributed by atoms with van der Waals surface area (Å²) < 4.78 is 11.5. The number of aryl methyl sites for hydroxylation is 1. The van der Waals surface area contributed by atoms with Crippen LogP contribution in [0.1, 0.15) is 38.3 Å². The smallest absolute Gasteiger partial charge is 0.126 e. The van der Waals surface area contributed by atoms with Gasteiger partial charge in [0.2, 0.25) is 0 Å². The van der Waals surface area contributed by atoms with E-state index in [2.05, 4.69) is 51.2 Å². The van der Waals surface area contributed by atoms with Crippen LogP contribution in [0.2, 0.25) is 0 Å². The van der Waals surface area contributed by atoms with Crippen LogP contribution >= 0.6 is 0 Å². The highest BCUT2D eigenvalue weighted by Gasteiger charge is 2.18. The largest absolute Gasteiger partial charge is 0.493 e. The molecule has 0 radical (unpaired) electrons. The van der Waals surface area contributed by atoms with E-state index in [4.69, 9.17) is 9.47 Å². The molecule has 3 nitrogen and oxygen atoms in total. The van der Waals surface area contributed by atoms with Crippen molar-refractivity contribution in [2.24, 2.45) is 5.92 Å². The summed E-state index contributed by atoms with van der Waals surface area (Å²) >= 11 is 0. The number of nitrogens with one attached hydrogen (secondary N) is 1. The lowest BCUT2D eigenvalue weighted by Gasteiger charge is -2.22. The van der Waals surface area contributed by atoms with Crippen molar-refractivity contribution in [3.05, 3.63) is 29.3 Å². The Labute approximate surface area is 122 Å². The number of hydrogen-bond donors (Lipinski definition) is 1. The zero-order valence-electron chi connectivity index (χ0n) is 13.2. The summed E-state index contributed by atoms with van der Waals surface area (Å²) in [5.41, 5.74) is 2.55. The van der Waals surface area contributed by atoms with Gasteiger partial charge in [-0.2, -0.15) is 0 Å². The zero-order valence-corrected chi connectivity index (χ0v) is 13.2. The Morgan fingerprint density at radius 2 is 2.15 bits per heavy atom. The molecule has 3 heteroatoms. The van der Waals surface area contributed by atoms with E-state index in [1.807, 2.05) is 0 Å². The molecule has 1 fully saturated rings. The second kappa shape index (κ2) is 6.59. The molecule has 1 N–H and O–H groups in total. The molecule has 1 aromatic carbocycles. The van der Waals surface area contributed by atoms with E-state index in [0.29, 0.717) is 5.92 Å². The third kappa shape index (κ3) is 4.50. The van der Waals surface area contributed by atoms with Crippen molar-refractivity contribution in [1.82, 2.24) is 5.32 Å². The topological polar surface area (TPSA) is 30.5 Å². The second-order valence-corrected chi connectivity index (χ2v) is 6.71. The highest BCUT2D eigenvalue weighted by atomic mass is 16.5. The van der Waals surface area contributed by atoms with Crippen LogP contribution < -0.4 is 10.1 Å². The van der Waals surface area contributed by atoms with Crippen LogP contribution in [0.25, 0.3) is 0 Å². The maximum absolute atomic E-state index is 6.10. The van der Waals surface area contributed by atoms with E-state index >= 15 is 0 Å². The van der Waals surface area contributed by atoms with E-state index in [0.717, 1.165) is 38.5 Å². The predicted octanol–water partition coefficient (Wildman–Crippen LogP) is 3.30. The Kier molecular flexibility index (Phi) is 5.06. The molecule has 0 saturated carbocycles. The maximum atomic E-state index is 6.10. The van der Waals surface area contributed by atoms with Gasteiger partial charge >= 0.3 is 0 Å². The zero-order chi connectivity index (χ0) is 14.6. The molecule has 1 atom stereocenters. The summed E-state index contributed by atoms with van der Waals surface area (Å²) in [7, 11) is 0. The Balaban J connectivity index is 2.01. The van der Waals surface area contributed by atoms with Crippen LogP contribution in [0.4, 0.5) is 0 Å². The minimum atomic E-state index is 0.111. The first-order valence-corrected chi connectivity index (χ1v) is 7.50. The fourth-order valence-corrected chi connectivity index (χ4v) is 2.34. The molecule has 0 bridgehead atoms. The molecule has 0 amide bonds. The molecular formula is C17H27NO2. The molecular weight excluding hydrogens is 250 g/mol. The summed E-state index contributed by atoms with van der Waals surface area (Å²) in [6, 6.07) is 6.35. The van der Waals surface area contributed by atoms with Gasteiger partial charge < -0.3 is 14.8 Å². The van der Waals surface area contributed by atoms with Gasteiger partial charge in [0.05, 0.1) is 13.2 Å². The molecule has 1 aliphatic heterocycles. The first-order chi connectivity index (χ1) is 9.46. The van der Waals surface area contributed by atoms with Crippen LogP contribution in [0.5, 0.6) is 5.75 Å². The first kappa shape index (κ1) is 15.3. The Bertz CT molecular complexity index is 431. The fourth-order valence-electron chi connectivity index (χ4n) is 2.34. The van der Waals surface area contributed by atoms with Crippen LogP contribution in [0, 0.1) is 12.8 Å². The standard InChI is InChI=1S/C17H27NO2/c1-13-6-5-7-15(10-18-17(2,3)4)16(13)20-12-14-8-9-19-11-14/h5-7,14,18H,8-12H2,1-4H3. The summed E-state index contributed by atoms with van der Waals surface area (Å²) in [5.74, 6) is 1.58. The van der Waals surface area contributed by atoms with Crippen molar-refractivity contribution in [2.45, 2.75) is 46.2 Å². The molecule has 1 aromatic rings. The highest BCUT2D eigenvalue weighted by molar-refractivity contribution is 5.40. The molecule has 1 saturated heterocycles. The van der Waals surface area contributed by atoms with Crippen molar-refractivity contribution >= 4 is 0 Å². The lowest BCUT2D eigenvalue weighted by molar-refractivity contribution is 0.166. The van der Waals surface area contributed by atoms with E-state index in [1.165, 1.54) is 11.1 Å². The van der Waals surface area contributed by atoms with E-state index < -0.39 is 0 Å². The minimum absolute atomic E-state index is 0.111. The minimum Gasteiger partial charge on any atom is -0.493 e. The Morgan fingerprint density at radius 3 is 2.80 bits per heavy atom. The van der Waals surface area contributed by atoms with Gasteiger partial charge in [0, 0.05) is 30.2 Å². The fraction of sp³-hybridized carbons (Fsp3) is 0.647. The van der Waals surface area contributed by atoms with Crippen LogP contribution in [0.3, 0.4) is 0 Å². The van der Waals surface area contributed by atoms with E-state index in [-0.39, 0.29) is 5.54 Å². The highest BCUT2D eigenvalue weighted by Crippen LogP contribution is 2.25.